The Bertz CT molecular complexity index is 673. The maximum atomic E-state index is 11.9. The van der Waals surface area contributed by atoms with Crippen LogP contribution in [0.4, 0.5) is 11.4 Å². The van der Waals surface area contributed by atoms with E-state index in [4.69, 9.17) is 16.0 Å². The van der Waals surface area contributed by atoms with Gasteiger partial charge in [-0.2, -0.15) is 0 Å². The normalized spacial score (nSPS) is 10.7. The molecule has 0 radical (unpaired) electrons. The highest BCUT2D eigenvalue weighted by atomic mass is 35.5. The standard InChI is InChI=1S/C14H14ClN3O4/c1-17(8-11-3-2-6-22-11)9-14(19)16-13-5-4-10(18(20)21)7-12(13)15/h2-7H,8-9H2,1H3,(H,16,19). The molecule has 1 amide bonds. The smallest absolute Gasteiger partial charge is 0.271 e. The first-order valence-corrected chi connectivity index (χ1v) is 6.78. The number of carbonyl (C=O) groups is 1. The summed E-state index contributed by atoms with van der Waals surface area (Å²) in [6.07, 6.45) is 1.57. The van der Waals surface area contributed by atoms with E-state index in [9.17, 15) is 14.9 Å². The number of nitro benzene ring substituents is 1. The molecule has 1 aromatic carbocycles. The fourth-order valence-electron chi connectivity index (χ4n) is 1.88. The zero-order chi connectivity index (χ0) is 16.1. The van der Waals surface area contributed by atoms with Crippen LogP contribution in [0.1, 0.15) is 5.76 Å². The van der Waals surface area contributed by atoms with Crippen LogP contribution in [0.5, 0.6) is 0 Å². The number of nitrogens with one attached hydrogen (secondary N) is 1. The zero-order valence-corrected chi connectivity index (χ0v) is 12.5. The number of anilines is 1. The number of furan rings is 1. The third-order valence-electron chi connectivity index (χ3n) is 2.86. The van der Waals surface area contributed by atoms with Crippen molar-refractivity contribution >= 4 is 28.9 Å². The van der Waals surface area contributed by atoms with Crippen molar-refractivity contribution in [2.45, 2.75) is 6.54 Å². The zero-order valence-electron chi connectivity index (χ0n) is 11.8. The van der Waals surface area contributed by atoms with Crippen molar-refractivity contribution in [2.24, 2.45) is 0 Å². The monoisotopic (exact) mass is 323 g/mol. The first-order valence-electron chi connectivity index (χ1n) is 6.40. The minimum Gasteiger partial charge on any atom is -0.468 e. The van der Waals surface area contributed by atoms with Crippen molar-refractivity contribution in [2.75, 3.05) is 18.9 Å². The van der Waals surface area contributed by atoms with Gasteiger partial charge in [-0.1, -0.05) is 11.6 Å². The van der Waals surface area contributed by atoms with Crippen molar-refractivity contribution < 1.29 is 14.1 Å². The van der Waals surface area contributed by atoms with Gasteiger partial charge >= 0.3 is 0 Å². The van der Waals surface area contributed by atoms with Crippen LogP contribution < -0.4 is 5.32 Å². The molecule has 0 atom stereocenters. The van der Waals surface area contributed by atoms with Crippen molar-refractivity contribution in [3.8, 4) is 0 Å². The Balaban J connectivity index is 1.93. The molecule has 2 rings (SSSR count). The topological polar surface area (TPSA) is 88.6 Å². The minimum atomic E-state index is -0.547. The Hall–Kier alpha value is -2.38. The summed E-state index contributed by atoms with van der Waals surface area (Å²) in [6, 6.07) is 7.49. The number of amides is 1. The summed E-state index contributed by atoms with van der Waals surface area (Å²) >= 11 is 5.92. The predicted molar refractivity (Wildman–Crippen MR) is 81.8 cm³/mol. The van der Waals surface area contributed by atoms with Gasteiger partial charge in [-0.05, 0) is 25.2 Å². The van der Waals surface area contributed by atoms with Crippen LogP contribution in [0, 0.1) is 10.1 Å². The SMILES string of the molecule is CN(CC(=O)Nc1ccc([N+](=O)[O-])cc1Cl)Cc1ccco1. The molecule has 1 aromatic heterocycles. The Morgan fingerprint density at radius 3 is 2.82 bits per heavy atom. The van der Waals surface area contributed by atoms with Crippen LogP contribution >= 0.6 is 11.6 Å². The number of halogens is 1. The molecular weight excluding hydrogens is 310 g/mol. The maximum Gasteiger partial charge on any atom is 0.271 e. The number of nitrogens with zero attached hydrogens (tertiary/aromatic N) is 2. The quantitative estimate of drug-likeness (QED) is 0.652. The van der Waals surface area contributed by atoms with Gasteiger partial charge in [0.25, 0.3) is 5.69 Å². The Labute approximate surface area is 131 Å². The third-order valence-corrected chi connectivity index (χ3v) is 3.17. The summed E-state index contributed by atoms with van der Waals surface area (Å²) in [4.78, 5) is 23.8. The van der Waals surface area contributed by atoms with E-state index < -0.39 is 4.92 Å². The van der Waals surface area contributed by atoms with E-state index in [1.807, 2.05) is 6.07 Å². The predicted octanol–water partition coefficient (Wildman–Crippen LogP) is 2.91. The van der Waals surface area contributed by atoms with E-state index in [0.717, 1.165) is 5.76 Å². The Morgan fingerprint density at radius 1 is 1.45 bits per heavy atom. The van der Waals surface area contributed by atoms with Gasteiger partial charge in [-0.25, -0.2) is 0 Å². The fraction of sp³-hybridized carbons (Fsp3) is 0.214. The van der Waals surface area contributed by atoms with Crippen LogP contribution in [0.15, 0.2) is 41.0 Å². The second-order valence-electron chi connectivity index (χ2n) is 4.72. The average Bonchev–Trinajstić information content (AvgIpc) is 2.93. The van der Waals surface area contributed by atoms with Crippen LogP contribution in [0.25, 0.3) is 0 Å². The molecule has 0 aliphatic carbocycles. The molecule has 0 bridgehead atoms. The molecule has 0 unspecified atom stereocenters. The van der Waals surface area contributed by atoms with Gasteiger partial charge in [-0.3, -0.25) is 19.8 Å². The summed E-state index contributed by atoms with van der Waals surface area (Å²) in [6.45, 7) is 0.627. The summed E-state index contributed by atoms with van der Waals surface area (Å²) < 4.78 is 5.20. The van der Waals surface area contributed by atoms with Gasteiger partial charge in [-0.15, -0.1) is 0 Å². The molecule has 0 saturated carbocycles. The van der Waals surface area contributed by atoms with Gasteiger partial charge < -0.3 is 9.73 Å². The molecule has 7 nitrogen and oxygen atoms in total. The lowest BCUT2D eigenvalue weighted by atomic mass is 10.3. The van der Waals surface area contributed by atoms with Crippen LogP contribution in [-0.4, -0.2) is 29.3 Å². The van der Waals surface area contributed by atoms with E-state index in [1.165, 1.54) is 18.2 Å². The number of hydrogen-bond acceptors (Lipinski definition) is 5. The van der Waals surface area contributed by atoms with Crippen LogP contribution in [-0.2, 0) is 11.3 Å². The third kappa shape index (κ3) is 4.31. The van der Waals surface area contributed by atoms with Crippen molar-refractivity contribution in [3.63, 3.8) is 0 Å². The number of non-ortho nitro benzene ring substituents is 1. The number of likely N-dealkylation sites (N-methyl/N-ethyl adjacent to an activating group) is 1. The number of rotatable bonds is 6. The molecule has 1 N–H and O–H groups in total. The van der Waals surface area contributed by atoms with E-state index in [0.29, 0.717) is 12.2 Å². The lowest BCUT2D eigenvalue weighted by Gasteiger charge is -2.15. The second-order valence-corrected chi connectivity index (χ2v) is 5.13. The molecule has 2 aromatic rings. The second kappa shape index (κ2) is 7.06. The Morgan fingerprint density at radius 2 is 2.23 bits per heavy atom. The van der Waals surface area contributed by atoms with Gasteiger partial charge in [0.05, 0.1) is 35.0 Å². The molecule has 22 heavy (non-hydrogen) atoms. The molecule has 8 heteroatoms. The molecule has 0 aliphatic rings. The van der Waals surface area contributed by atoms with Crippen LogP contribution in [0.3, 0.4) is 0 Å². The minimum absolute atomic E-state index is 0.122. The highest BCUT2D eigenvalue weighted by Gasteiger charge is 2.13. The molecule has 1 heterocycles. The first-order chi connectivity index (χ1) is 10.5. The van der Waals surface area contributed by atoms with Crippen molar-refractivity contribution in [1.82, 2.24) is 4.90 Å². The maximum absolute atomic E-state index is 11.9. The summed E-state index contributed by atoms with van der Waals surface area (Å²) in [5, 5.41) is 13.4. The van der Waals surface area contributed by atoms with E-state index in [1.54, 1.807) is 24.3 Å². The molecule has 116 valence electrons. The molecule has 0 saturated heterocycles. The van der Waals surface area contributed by atoms with Crippen LogP contribution in [0.2, 0.25) is 5.02 Å². The lowest BCUT2D eigenvalue weighted by molar-refractivity contribution is -0.384. The highest BCUT2D eigenvalue weighted by Crippen LogP contribution is 2.26. The van der Waals surface area contributed by atoms with Gasteiger partial charge in [0.15, 0.2) is 0 Å². The largest absolute Gasteiger partial charge is 0.468 e. The first kappa shape index (κ1) is 16.0. The van der Waals surface area contributed by atoms with Gasteiger partial charge in [0.1, 0.15) is 5.76 Å². The van der Waals surface area contributed by atoms with E-state index in [-0.39, 0.29) is 23.2 Å². The molecule has 0 fully saturated rings. The molecule has 0 aliphatic heterocycles. The average molecular weight is 324 g/mol. The molecular formula is C14H14ClN3O4. The summed E-state index contributed by atoms with van der Waals surface area (Å²) in [5.41, 5.74) is 0.210. The number of nitro groups is 1. The highest BCUT2D eigenvalue weighted by molar-refractivity contribution is 6.34. The Kier molecular flexibility index (Phi) is 5.13. The van der Waals surface area contributed by atoms with E-state index >= 15 is 0 Å². The summed E-state index contributed by atoms with van der Waals surface area (Å²) in [7, 11) is 1.78. The fourth-order valence-corrected chi connectivity index (χ4v) is 2.10. The van der Waals surface area contributed by atoms with Gasteiger partial charge in [0.2, 0.25) is 5.91 Å². The van der Waals surface area contributed by atoms with Gasteiger partial charge in [0, 0.05) is 12.1 Å². The number of hydrogen-bond donors (Lipinski definition) is 1. The molecule has 0 spiro atoms. The van der Waals surface area contributed by atoms with Crippen molar-refractivity contribution in [3.05, 3.63) is 57.5 Å². The lowest BCUT2D eigenvalue weighted by Crippen LogP contribution is -2.29. The van der Waals surface area contributed by atoms with E-state index in [2.05, 4.69) is 5.32 Å². The number of benzene rings is 1. The van der Waals surface area contributed by atoms with Crippen molar-refractivity contribution in [1.29, 1.82) is 0 Å². The number of carbonyl (C=O) groups excluding carboxylic acids is 1. The summed E-state index contributed by atoms with van der Waals surface area (Å²) in [5.74, 6) is 0.480.